The van der Waals surface area contributed by atoms with Crippen molar-refractivity contribution >= 4 is 5.69 Å². The Balaban J connectivity index is 2.03. The van der Waals surface area contributed by atoms with Crippen LogP contribution in [0.1, 0.15) is 18.4 Å². The first-order valence-corrected chi connectivity index (χ1v) is 5.92. The number of hydrogen-bond acceptors (Lipinski definition) is 4. The molecule has 1 saturated heterocycles. The third-order valence-electron chi connectivity index (χ3n) is 2.96. The number of rotatable bonds is 4. The highest BCUT2D eigenvalue weighted by molar-refractivity contribution is 5.39. The van der Waals surface area contributed by atoms with Gasteiger partial charge in [0.15, 0.2) is 0 Å². The zero-order valence-electron chi connectivity index (χ0n) is 9.89. The summed E-state index contributed by atoms with van der Waals surface area (Å²) in [7, 11) is 0. The molecule has 1 aromatic carbocycles. The smallest absolute Gasteiger partial charge is 0.275 e. The standard InChI is InChI=1S/C12H15FN2O3/c13-10-3-4-12(15(16)17)9(6-10)8-18-11-2-1-5-14-7-11/h3-4,6,11,14H,1-2,5,7-8H2/t11-/m0/s1. The molecule has 1 aromatic rings. The van der Waals surface area contributed by atoms with Gasteiger partial charge in [0.1, 0.15) is 5.82 Å². The van der Waals surface area contributed by atoms with Crippen LogP contribution in [0.15, 0.2) is 18.2 Å². The van der Waals surface area contributed by atoms with Crippen molar-refractivity contribution in [1.29, 1.82) is 0 Å². The largest absolute Gasteiger partial charge is 0.372 e. The predicted octanol–water partition coefficient (Wildman–Crippen LogP) is 2.00. The average molecular weight is 254 g/mol. The van der Waals surface area contributed by atoms with Crippen LogP contribution in [0.4, 0.5) is 10.1 Å². The molecule has 1 heterocycles. The Morgan fingerprint density at radius 3 is 3.06 bits per heavy atom. The highest BCUT2D eigenvalue weighted by atomic mass is 19.1. The molecule has 1 atom stereocenters. The Bertz CT molecular complexity index is 433. The molecule has 0 bridgehead atoms. The van der Waals surface area contributed by atoms with Crippen molar-refractivity contribution in [3.63, 3.8) is 0 Å². The minimum atomic E-state index is -0.517. The predicted molar refractivity (Wildman–Crippen MR) is 63.7 cm³/mol. The highest BCUT2D eigenvalue weighted by Crippen LogP contribution is 2.21. The number of piperidine rings is 1. The number of nitro groups is 1. The molecule has 0 aromatic heterocycles. The van der Waals surface area contributed by atoms with Crippen LogP contribution in [0.3, 0.4) is 0 Å². The second-order valence-electron chi connectivity index (χ2n) is 4.31. The van der Waals surface area contributed by atoms with Gasteiger partial charge in [0, 0.05) is 12.6 Å². The first kappa shape index (κ1) is 12.9. The number of nitro benzene ring substituents is 1. The molecule has 0 spiro atoms. The van der Waals surface area contributed by atoms with Crippen LogP contribution in [0.25, 0.3) is 0 Å². The van der Waals surface area contributed by atoms with E-state index in [2.05, 4.69) is 5.32 Å². The quantitative estimate of drug-likeness (QED) is 0.659. The molecule has 0 aliphatic carbocycles. The van der Waals surface area contributed by atoms with Gasteiger partial charge < -0.3 is 10.1 Å². The fourth-order valence-electron chi connectivity index (χ4n) is 2.02. The minimum absolute atomic E-state index is 0.0432. The summed E-state index contributed by atoms with van der Waals surface area (Å²) in [4.78, 5) is 10.3. The van der Waals surface area contributed by atoms with E-state index in [-0.39, 0.29) is 24.0 Å². The van der Waals surface area contributed by atoms with Crippen LogP contribution in [0.5, 0.6) is 0 Å². The van der Waals surface area contributed by atoms with Gasteiger partial charge in [-0.3, -0.25) is 10.1 Å². The average Bonchev–Trinajstić information content (AvgIpc) is 2.37. The highest BCUT2D eigenvalue weighted by Gasteiger charge is 2.18. The van der Waals surface area contributed by atoms with Crippen LogP contribution < -0.4 is 5.32 Å². The molecule has 1 fully saturated rings. The van der Waals surface area contributed by atoms with Gasteiger partial charge in [-0.05, 0) is 31.5 Å². The first-order chi connectivity index (χ1) is 8.66. The summed E-state index contributed by atoms with van der Waals surface area (Å²) < 4.78 is 18.7. The van der Waals surface area contributed by atoms with E-state index in [9.17, 15) is 14.5 Å². The van der Waals surface area contributed by atoms with Crippen LogP contribution >= 0.6 is 0 Å². The SMILES string of the molecule is O=[N+]([O-])c1ccc(F)cc1CO[C@H]1CCCNC1. The van der Waals surface area contributed by atoms with Gasteiger partial charge >= 0.3 is 0 Å². The van der Waals surface area contributed by atoms with Crippen LogP contribution in [-0.2, 0) is 11.3 Å². The van der Waals surface area contributed by atoms with Crippen LogP contribution in [-0.4, -0.2) is 24.1 Å². The van der Waals surface area contributed by atoms with Gasteiger partial charge in [0.05, 0.1) is 23.2 Å². The van der Waals surface area contributed by atoms with Crippen molar-refractivity contribution in [2.45, 2.75) is 25.6 Å². The topological polar surface area (TPSA) is 64.4 Å². The molecule has 98 valence electrons. The molecular formula is C12H15FN2O3. The zero-order chi connectivity index (χ0) is 13.0. The van der Waals surface area contributed by atoms with Crippen LogP contribution in [0, 0.1) is 15.9 Å². The van der Waals surface area contributed by atoms with Gasteiger partial charge in [-0.15, -0.1) is 0 Å². The van der Waals surface area contributed by atoms with E-state index in [0.29, 0.717) is 0 Å². The van der Waals surface area contributed by atoms with Crippen molar-refractivity contribution in [1.82, 2.24) is 5.32 Å². The van der Waals surface area contributed by atoms with E-state index in [0.717, 1.165) is 38.1 Å². The monoisotopic (exact) mass is 254 g/mol. The van der Waals surface area contributed by atoms with Crippen molar-refractivity contribution in [3.05, 3.63) is 39.7 Å². The first-order valence-electron chi connectivity index (χ1n) is 5.92. The summed E-state index contributed by atoms with van der Waals surface area (Å²) >= 11 is 0. The lowest BCUT2D eigenvalue weighted by atomic mass is 10.1. The van der Waals surface area contributed by atoms with Gasteiger partial charge in [0.25, 0.3) is 5.69 Å². The zero-order valence-corrected chi connectivity index (χ0v) is 9.89. The Hall–Kier alpha value is -1.53. The molecule has 2 rings (SSSR count). The van der Waals surface area contributed by atoms with E-state index >= 15 is 0 Å². The molecule has 0 amide bonds. The molecule has 18 heavy (non-hydrogen) atoms. The van der Waals surface area contributed by atoms with E-state index in [4.69, 9.17) is 4.74 Å². The minimum Gasteiger partial charge on any atom is -0.372 e. The molecular weight excluding hydrogens is 239 g/mol. The normalized spacial score (nSPS) is 19.7. The van der Waals surface area contributed by atoms with Gasteiger partial charge in [-0.2, -0.15) is 0 Å². The maximum Gasteiger partial charge on any atom is 0.275 e. The summed E-state index contributed by atoms with van der Waals surface area (Å²) in [6, 6.07) is 3.42. The van der Waals surface area contributed by atoms with E-state index < -0.39 is 10.7 Å². The van der Waals surface area contributed by atoms with Crippen molar-refractivity contribution in [2.75, 3.05) is 13.1 Å². The second kappa shape index (κ2) is 5.88. The molecule has 1 N–H and O–H groups in total. The van der Waals surface area contributed by atoms with E-state index in [1.165, 1.54) is 6.07 Å². The summed E-state index contributed by atoms with van der Waals surface area (Å²) in [6.07, 6.45) is 1.99. The molecule has 1 aliphatic rings. The number of ether oxygens (including phenoxy) is 1. The second-order valence-corrected chi connectivity index (χ2v) is 4.31. The Morgan fingerprint density at radius 1 is 1.56 bits per heavy atom. The van der Waals surface area contributed by atoms with E-state index in [1.807, 2.05) is 0 Å². The van der Waals surface area contributed by atoms with Gasteiger partial charge in [0.2, 0.25) is 0 Å². The fraction of sp³-hybridized carbons (Fsp3) is 0.500. The number of nitrogens with one attached hydrogen (secondary N) is 1. The molecule has 0 saturated carbocycles. The summed E-state index contributed by atoms with van der Waals surface area (Å²) in [6.45, 7) is 1.78. The summed E-state index contributed by atoms with van der Waals surface area (Å²) in [5.74, 6) is -0.485. The molecule has 5 nitrogen and oxygen atoms in total. The third-order valence-corrected chi connectivity index (χ3v) is 2.96. The lowest BCUT2D eigenvalue weighted by Crippen LogP contribution is -2.35. The Morgan fingerprint density at radius 2 is 2.39 bits per heavy atom. The lowest BCUT2D eigenvalue weighted by Gasteiger charge is -2.23. The maximum absolute atomic E-state index is 13.1. The van der Waals surface area contributed by atoms with Gasteiger partial charge in [-0.25, -0.2) is 4.39 Å². The van der Waals surface area contributed by atoms with Crippen molar-refractivity contribution in [2.24, 2.45) is 0 Å². The fourth-order valence-corrected chi connectivity index (χ4v) is 2.02. The van der Waals surface area contributed by atoms with Gasteiger partial charge in [-0.1, -0.05) is 0 Å². The maximum atomic E-state index is 13.1. The number of halogens is 1. The Kier molecular flexibility index (Phi) is 4.22. The van der Waals surface area contributed by atoms with Crippen molar-refractivity contribution < 1.29 is 14.1 Å². The number of hydrogen-bond donors (Lipinski definition) is 1. The van der Waals surface area contributed by atoms with Crippen molar-refractivity contribution in [3.8, 4) is 0 Å². The summed E-state index contributed by atoms with van der Waals surface area (Å²) in [5, 5.41) is 14.0. The summed E-state index contributed by atoms with van der Waals surface area (Å²) in [5.41, 5.74) is 0.186. The molecule has 1 aliphatic heterocycles. The van der Waals surface area contributed by atoms with E-state index in [1.54, 1.807) is 0 Å². The van der Waals surface area contributed by atoms with Crippen LogP contribution in [0.2, 0.25) is 0 Å². The molecule has 6 heteroatoms. The number of benzene rings is 1. The lowest BCUT2D eigenvalue weighted by molar-refractivity contribution is -0.386. The Labute approximate surface area is 104 Å². The number of nitrogens with zero attached hydrogens (tertiary/aromatic N) is 1. The molecule has 0 unspecified atom stereocenters. The third kappa shape index (κ3) is 3.24. The molecule has 0 radical (unpaired) electrons.